The van der Waals surface area contributed by atoms with Crippen LogP contribution in [0.2, 0.25) is 0 Å². The molecule has 0 radical (unpaired) electrons. The van der Waals surface area contributed by atoms with Crippen molar-refractivity contribution >= 4 is 11.8 Å². The third-order valence-electron chi connectivity index (χ3n) is 5.54. The zero-order chi connectivity index (χ0) is 17.6. The monoisotopic (exact) mass is 340 g/mol. The van der Waals surface area contributed by atoms with Crippen LogP contribution in [0.3, 0.4) is 0 Å². The third-order valence-corrected chi connectivity index (χ3v) is 5.54. The number of nitrogens with zero attached hydrogens (tertiary/aromatic N) is 2. The van der Waals surface area contributed by atoms with E-state index in [1.54, 1.807) is 4.68 Å². The highest BCUT2D eigenvalue weighted by Crippen LogP contribution is 2.52. The Morgan fingerprint density at radius 1 is 1.32 bits per heavy atom. The average Bonchev–Trinajstić information content (AvgIpc) is 3.20. The van der Waals surface area contributed by atoms with Crippen LogP contribution < -0.4 is 10.6 Å². The minimum atomic E-state index is -0.204. The smallest absolute Gasteiger partial charge is 0.320 e. The van der Waals surface area contributed by atoms with Gasteiger partial charge in [-0.15, -0.1) is 5.10 Å². The van der Waals surface area contributed by atoms with Gasteiger partial charge in [0.15, 0.2) is 5.82 Å². The number of aromatic nitrogens is 2. The zero-order valence-electron chi connectivity index (χ0n) is 14.8. The molecular formula is C19H24N4O2. The molecule has 2 heterocycles. The van der Waals surface area contributed by atoms with Crippen molar-refractivity contribution in [3.63, 3.8) is 0 Å². The summed E-state index contributed by atoms with van der Waals surface area (Å²) in [6, 6.07) is 9.78. The van der Waals surface area contributed by atoms with Crippen molar-refractivity contribution in [3.05, 3.63) is 42.1 Å². The fourth-order valence-electron chi connectivity index (χ4n) is 4.20. The molecule has 25 heavy (non-hydrogen) atoms. The number of anilines is 1. The Bertz CT molecular complexity index is 784. The Hall–Kier alpha value is -2.34. The summed E-state index contributed by atoms with van der Waals surface area (Å²) in [7, 11) is 0. The van der Waals surface area contributed by atoms with E-state index in [0.717, 1.165) is 24.3 Å². The lowest BCUT2D eigenvalue weighted by molar-refractivity contribution is -0.107. The lowest BCUT2D eigenvalue weighted by Crippen LogP contribution is -2.67. The highest BCUT2D eigenvalue weighted by atomic mass is 16.5. The minimum absolute atomic E-state index is 0.0308. The van der Waals surface area contributed by atoms with Gasteiger partial charge in [-0.2, -0.15) is 0 Å². The summed E-state index contributed by atoms with van der Waals surface area (Å²) in [5.41, 5.74) is 1.86. The second kappa shape index (κ2) is 5.88. The van der Waals surface area contributed by atoms with Crippen molar-refractivity contribution in [1.29, 1.82) is 0 Å². The van der Waals surface area contributed by atoms with Gasteiger partial charge in [-0.05, 0) is 25.5 Å². The number of aryl methyl sites for hydroxylation is 1. The highest BCUT2D eigenvalue weighted by Gasteiger charge is 2.59. The van der Waals surface area contributed by atoms with Crippen LogP contribution in [-0.4, -0.2) is 34.6 Å². The molecule has 132 valence electrons. The number of hydrogen-bond donors (Lipinski definition) is 2. The van der Waals surface area contributed by atoms with Crippen LogP contribution in [0, 0.1) is 18.3 Å². The molecule has 1 aliphatic heterocycles. The van der Waals surface area contributed by atoms with Crippen molar-refractivity contribution in [3.8, 4) is 5.69 Å². The van der Waals surface area contributed by atoms with Gasteiger partial charge in [0.2, 0.25) is 0 Å². The van der Waals surface area contributed by atoms with Crippen LogP contribution in [0.25, 0.3) is 5.69 Å². The van der Waals surface area contributed by atoms with E-state index in [4.69, 9.17) is 4.74 Å². The van der Waals surface area contributed by atoms with E-state index in [0.29, 0.717) is 11.7 Å². The molecule has 1 saturated carbocycles. The molecule has 1 saturated heterocycles. The van der Waals surface area contributed by atoms with Crippen LogP contribution in [-0.2, 0) is 4.74 Å². The zero-order valence-corrected chi connectivity index (χ0v) is 14.8. The lowest BCUT2D eigenvalue weighted by atomic mass is 9.57. The molecule has 2 aromatic rings. The second-order valence-electron chi connectivity index (χ2n) is 7.58. The summed E-state index contributed by atoms with van der Waals surface area (Å²) >= 11 is 0. The fourth-order valence-corrected chi connectivity index (χ4v) is 4.20. The molecular weight excluding hydrogens is 316 g/mol. The van der Waals surface area contributed by atoms with Crippen molar-refractivity contribution in [2.24, 2.45) is 11.3 Å². The van der Waals surface area contributed by atoms with Gasteiger partial charge in [0.25, 0.3) is 0 Å². The molecule has 6 nitrogen and oxygen atoms in total. The van der Waals surface area contributed by atoms with Gasteiger partial charge >= 0.3 is 6.03 Å². The van der Waals surface area contributed by atoms with E-state index in [9.17, 15) is 4.79 Å². The summed E-state index contributed by atoms with van der Waals surface area (Å²) in [5, 5.41) is 10.5. The quantitative estimate of drug-likeness (QED) is 0.902. The molecule has 2 amide bonds. The molecule has 6 heteroatoms. The summed E-state index contributed by atoms with van der Waals surface area (Å²) in [5.74, 6) is 1.00. The second-order valence-corrected chi connectivity index (χ2v) is 7.58. The predicted octanol–water partition coefficient (Wildman–Crippen LogP) is 3.12. The molecule has 0 bridgehead atoms. The standard InChI is InChI=1S/C19H24N4O2/c1-12-11-23(13-7-5-4-6-8-13)22-17(12)21-18(24)20-15-14-9-10-25-16(14)19(15,2)3/h4-8,11,14-16H,9-10H2,1-3H3,(H2,20,21,22,24). The first kappa shape index (κ1) is 16.1. The molecule has 1 aromatic carbocycles. The first-order chi connectivity index (χ1) is 12.0. The Morgan fingerprint density at radius 2 is 2.08 bits per heavy atom. The van der Waals surface area contributed by atoms with Crippen LogP contribution in [0.15, 0.2) is 36.5 Å². The Kier molecular flexibility index (Phi) is 3.80. The number of rotatable bonds is 3. The topological polar surface area (TPSA) is 68.2 Å². The summed E-state index contributed by atoms with van der Waals surface area (Å²) < 4.78 is 7.56. The van der Waals surface area contributed by atoms with Crippen LogP contribution in [0.5, 0.6) is 0 Å². The van der Waals surface area contributed by atoms with Crippen molar-refractivity contribution < 1.29 is 9.53 Å². The first-order valence-electron chi connectivity index (χ1n) is 8.77. The van der Waals surface area contributed by atoms with Gasteiger partial charge in [0.1, 0.15) is 0 Å². The van der Waals surface area contributed by atoms with Gasteiger partial charge in [0, 0.05) is 35.7 Å². The maximum Gasteiger partial charge on any atom is 0.320 e. The summed E-state index contributed by atoms with van der Waals surface area (Å²) in [6.07, 6.45) is 3.19. The van der Waals surface area contributed by atoms with Gasteiger partial charge in [-0.3, -0.25) is 5.32 Å². The average molecular weight is 340 g/mol. The van der Waals surface area contributed by atoms with Crippen LogP contribution in [0.4, 0.5) is 10.6 Å². The molecule has 3 atom stereocenters. The van der Waals surface area contributed by atoms with Crippen molar-refractivity contribution in [2.75, 3.05) is 11.9 Å². The molecule has 1 aliphatic carbocycles. The van der Waals surface area contributed by atoms with E-state index >= 15 is 0 Å². The molecule has 2 N–H and O–H groups in total. The lowest BCUT2D eigenvalue weighted by Gasteiger charge is -2.54. The number of hydrogen-bond acceptors (Lipinski definition) is 3. The highest BCUT2D eigenvalue weighted by molar-refractivity contribution is 5.89. The van der Waals surface area contributed by atoms with E-state index in [1.165, 1.54) is 0 Å². The van der Waals surface area contributed by atoms with Gasteiger partial charge in [0.05, 0.1) is 11.8 Å². The summed E-state index contributed by atoms with van der Waals surface area (Å²) in [4.78, 5) is 12.5. The van der Waals surface area contributed by atoms with E-state index < -0.39 is 0 Å². The molecule has 3 unspecified atom stereocenters. The Morgan fingerprint density at radius 3 is 2.84 bits per heavy atom. The van der Waals surface area contributed by atoms with Gasteiger partial charge < -0.3 is 10.1 Å². The third kappa shape index (κ3) is 2.70. The maximum absolute atomic E-state index is 12.5. The normalized spacial score (nSPS) is 26.6. The number of carbonyl (C=O) groups excluding carboxylic acids is 1. The van der Waals surface area contributed by atoms with Gasteiger partial charge in [-0.25, -0.2) is 9.48 Å². The fraction of sp³-hybridized carbons (Fsp3) is 0.474. The molecule has 2 aliphatic rings. The molecule has 4 rings (SSSR count). The number of nitrogens with one attached hydrogen (secondary N) is 2. The Labute approximate surface area is 147 Å². The number of benzene rings is 1. The molecule has 2 fully saturated rings. The number of urea groups is 1. The maximum atomic E-state index is 12.5. The van der Waals surface area contributed by atoms with Gasteiger partial charge in [-0.1, -0.05) is 32.0 Å². The number of carbonyl (C=O) groups is 1. The molecule has 1 aromatic heterocycles. The van der Waals surface area contributed by atoms with Crippen LogP contribution >= 0.6 is 0 Å². The predicted molar refractivity (Wildman–Crippen MR) is 95.9 cm³/mol. The van der Waals surface area contributed by atoms with E-state index in [-0.39, 0.29) is 23.6 Å². The summed E-state index contributed by atoms with van der Waals surface area (Å²) in [6.45, 7) is 7.04. The van der Waals surface area contributed by atoms with E-state index in [2.05, 4.69) is 29.6 Å². The largest absolute Gasteiger partial charge is 0.377 e. The van der Waals surface area contributed by atoms with Crippen molar-refractivity contribution in [1.82, 2.24) is 15.1 Å². The van der Waals surface area contributed by atoms with Crippen LogP contribution in [0.1, 0.15) is 25.8 Å². The number of para-hydroxylation sites is 1. The van der Waals surface area contributed by atoms with Crippen molar-refractivity contribution in [2.45, 2.75) is 39.3 Å². The number of fused-ring (bicyclic) bond motifs is 1. The van der Waals surface area contributed by atoms with E-state index in [1.807, 2.05) is 43.5 Å². The molecule has 0 spiro atoms. The Balaban J connectivity index is 1.44. The first-order valence-corrected chi connectivity index (χ1v) is 8.77. The minimum Gasteiger partial charge on any atom is -0.377 e. The number of amides is 2. The SMILES string of the molecule is Cc1cn(-c2ccccc2)nc1NC(=O)NC1C2CCOC2C1(C)C. The number of ether oxygens (including phenoxy) is 1.